The van der Waals surface area contributed by atoms with E-state index >= 15 is 0 Å². The van der Waals surface area contributed by atoms with E-state index in [1.54, 1.807) is 6.33 Å². The lowest BCUT2D eigenvalue weighted by atomic mass is 9.95. The van der Waals surface area contributed by atoms with Crippen molar-refractivity contribution in [3.05, 3.63) is 18.3 Å². The van der Waals surface area contributed by atoms with Gasteiger partial charge in [-0.05, 0) is 5.92 Å². The van der Waals surface area contributed by atoms with Gasteiger partial charge in [0, 0.05) is 19.0 Å². The number of rotatable bonds is 3. The number of nitrogens with two attached hydrogens (primary N) is 1. The highest BCUT2D eigenvalue weighted by Crippen LogP contribution is 2.32. The van der Waals surface area contributed by atoms with Crippen molar-refractivity contribution in [1.82, 2.24) is 19.1 Å². The zero-order valence-corrected chi connectivity index (χ0v) is 13.3. The second-order valence-corrected chi connectivity index (χ2v) is 6.81. The van der Waals surface area contributed by atoms with Crippen LogP contribution in [0.2, 0.25) is 0 Å². The molecule has 0 saturated heterocycles. The Bertz CT molecular complexity index is 598. The van der Waals surface area contributed by atoms with E-state index in [0.29, 0.717) is 5.92 Å². The zero-order chi connectivity index (χ0) is 15.1. The minimum Gasteiger partial charge on any atom is -0.383 e. The summed E-state index contributed by atoms with van der Waals surface area (Å²) in [7, 11) is 1.96. The van der Waals surface area contributed by atoms with Crippen molar-refractivity contribution in [2.45, 2.75) is 46.6 Å². The largest absolute Gasteiger partial charge is 0.383 e. The number of anilines is 1. The van der Waals surface area contributed by atoms with Crippen LogP contribution in [0, 0.1) is 5.92 Å². The van der Waals surface area contributed by atoms with E-state index in [0.717, 1.165) is 29.6 Å². The molecule has 2 rings (SSSR count). The average Bonchev–Trinajstić information content (AvgIpc) is 2.83. The van der Waals surface area contributed by atoms with Crippen LogP contribution in [0.3, 0.4) is 0 Å². The molecule has 0 atom stereocenters. The van der Waals surface area contributed by atoms with Gasteiger partial charge in [0.1, 0.15) is 17.3 Å². The Labute approximate surface area is 120 Å². The second-order valence-electron chi connectivity index (χ2n) is 6.81. The van der Waals surface area contributed by atoms with Gasteiger partial charge in [-0.2, -0.15) is 0 Å². The summed E-state index contributed by atoms with van der Waals surface area (Å²) in [6.45, 7) is 11.8. The molecule has 20 heavy (non-hydrogen) atoms. The van der Waals surface area contributed by atoms with Gasteiger partial charge in [0.25, 0.3) is 0 Å². The molecule has 2 N–H and O–H groups in total. The lowest BCUT2D eigenvalue weighted by molar-refractivity contribution is 0.455. The van der Waals surface area contributed by atoms with Crippen LogP contribution in [0.4, 0.5) is 5.82 Å². The summed E-state index contributed by atoms with van der Waals surface area (Å²) in [6.07, 6.45) is 3.58. The summed E-state index contributed by atoms with van der Waals surface area (Å²) in [5.41, 5.74) is 8.11. The molecule has 0 unspecified atom stereocenters. The molecule has 2 heterocycles. The molecule has 0 aliphatic carbocycles. The SMILES string of the molecule is CC(C)Cn1c(C(C)(C)C)nc(-c2cncn2C)c1N. The molecule has 2 aromatic heterocycles. The van der Waals surface area contributed by atoms with E-state index in [9.17, 15) is 0 Å². The van der Waals surface area contributed by atoms with E-state index in [1.165, 1.54) is 0 Å². The van der Waals surface area contributed by atoms with Crippen LogP contribution >= 0.6 is 0 Å². The molecule has 0 radical (unpaired) electrons. The Morgan fingerprint density at radius 2 is 1.95 bits per heavy atom. The topological polar surface area (TPSA) is 61.7 Å². The summed E-state index contributed by atoms with van der Waals surface area (Å²) in [5, 5.41) is 0. The maximum absolute atomic E-state index is 6.37. The molecule has 0 bridgehead atoms. The fourth-order valence-corrected chi connectivity index (χ4v) is 2.36. The first-order valence-electron chi connectivity index (χ1n) is 7.05. The van der Waals surface area contributed by atoms with Crippen LogP contribution < -0.4 is 5.73 Å². The number of nitrogen functional groups attached to an aromatic ring is 1. The highest BCUT2D eigenvalue weighted by Gasteiger charge is 2.26. The fourth-order valence-electron chi connectivity index (χ4n) is 2.36. The monoisotopic (exact) mass is 275 g/mol. The van der Waals surface area contributed by atoms with Gasteiger partial charge in [-0.3, -0.25) is 0 Å². The van der Waals surface area contributed by atoms with Gasteiger partial charge < -0.3 is 14.9 Å². The van der Waals surface area contributed by atoms with Crippen molar-refractivity contribution in [1.29, 1.82) is 0 Å². The lowest BCUT2D eigenvalue weighted by Crippen LogP contribution is -2.21. The van der Waals surface area contributed by atoms with Gasteiger partial charge >= 0.3 is 0 Å². The third kappa shape index (κ3) is 2.57. The quantitative estimate of drug-likeness (QED) is 0.937. The molecule has 5 heteroatoms. The first-order chi connectivity index (χ1) is 9.21. The van der Waals surface area contributed by atoms with Crippen molar-refractivity contribution < 1.29 is 0 Å². The van der Waals surface area contributed by atoms with Crippen LogP contribution in [0.5, 0.6) is 0 Å². The minimum absolute atomic E-state index is 0.0418. The van der Waals surface area contributed by atoms with Crippen LogP contribution in [-0.4, -0.2) is 19.1 Å². The molecule has 5 nitrogen and oxygen atoms in total. The zero-order valence-electron chi connectivity index (χ0n) is 13.3. The Kier molecular flexibility index (Phi) is 3.63. The highest BCUT2D eigenvalue weighted by atomic mass is 15.2. The first kappa shape index (κ1) is 14.6. The number of aromatic nitrogens is 4. The number of aryl methyl sites for hydroxylation is 1. The van der Waals surface area contributed by atoms with Crippen molar-refractivity contribution in [3.8, 4) is 11.4 Å². The summed E-state index contributed by atoms with van der Waals surface area (Å²) in [4.78, 5) is 8.97. The van der Waals surface area contributed by atoms with E-state index < -0.39 is 0 Å². The first-order valence-corrected chi connectivity index (χ1v) is 7.05. The number of imidazole rings is 2. The number of hydrogen-bond acceptors (Lipinski definition) is 3. The maximum atomic E-state index is 6.37. The number of nitrogens with zero attached hydrogens (tertiary/aromatic N) is 4. The fraction of sp³-hybridized carbons (Fsp3) is 0.600. The van der Waals surface area contributed by atoms with Gasteiger partial charge in [0.2, 0.25) is 0 Å². The van der Waals surface area contributed by atoms with Crippen molar-refractivity contribution in [2.24, 2.45) is 13.0 Å². The molecular formula is C15H25N5. The molecule has 2 aromatic rings. The van der Waals surface area contributed by atoms with Crippen molar-refractivity contribution in [2.75, 3.05) is 5.73 Å². The Morgan fingerprint density at radius 1 is 1.30 bits per heavy atom. The molecule has 0 aromatic carbocycles. The van der Waals surface area contributed by atoms with Crippen LogP contribution in [0.15, 0.2) is 12.5 Å². The molecule has 0 saturated carbocycles. The third-order valence-corrected chi connectivity index (χ3v) is 3.28. The van der Waals surface area contributed by atoms with E-state index in [-0.39, 0.29) is 5.41 Å². The molecule has 0 amide bonds. The molecule has 0 aliphatic rings. The van der Waals surface area contributed by atoms with Crippen LogP contribution in [0.25, 0.3) is 11.4 Å². The summed E-state index contributed by atoms with van der Waals surface area (Å²) in [6, 6.07) is 0. The summed E-state index contributed by atoms with van der Waals surface area (Å²) >= 11 is 0. The normalized spacial score (nSPS) is 12.3. The van der Waals surface area contributed by atoms with E-state index in [2.05, 4.69) is 44.2 Å². The second kappa shape index (κ2) is 4.96. The predicted octanol–water partition coefficient (Wildman–Crippen LogP) is 2.82. The standard InChI is InChI=1S/C15H25N5/c1-10(2)8-20-13(16)12(11-7-17-9-19(11)6)18-14(20)15(3,4)5/h7,9-10H,8,16H2,1-6H3. The van der Waals surface area contributed by atoms with Crippen molar-refractivity contribution >= 4 is 5.82 Å². The average molecular weight is 275 g/mol. The third-order valence-electron chi connectivity index (χ3n) is 3.28. The van der Waals surface area contributed by atoms with Crippen molar-refractivity contribution in [3.63, 3.8) is 0 Å². The highest BCUT2D eigenvalue weighted by molar-refractivity contribution is 5.68. The van der Waals surface area contributed by atoms with E-state index in [4.69, 9.17) is 10.7 Å². The number of hydrogen-bond donors (Lipinski definition) is 1. The Morgan fingerprint density at radius 3 is 2.40 bits per heavy atom. The summed E-state index contributed by atoms with van der Waals surface area (Å²) < 4.78 is 4.10. The van der Waals surface area contributed by atoms with E-state index in [1.807, 2.05) is 17.8 Å². The predicted molar refractivity (Wildman–Crippen MR) is 82.4 cm³/mol. The smallest absolute Gasteiger partial charge is 0.133 e. The van der Waals surface area contributed by atoms with Gasteiger partial charge in [0.15, 0.2) is 0 Å². The molecule has 110 valence electrons. The lowest BCUT2D eigenvalue weighted by Gasteiger charge is -2.21. The van der Waals surface area contributed by atoms with Crippen LogP contribution in [-0.2, 0) is 19.0 Å². The Hall–Kier alpha value is -1.78. The Balaban J connectivity index is 2.62. The molecule has 0 spiro atoms. The molecular weight excluding hydrogens is 250 g/mol. The van der Waals surface area contributed by atoms with Gasteiger partial charge in [0.05, 0.1) is 18.2 Å². The van der Waals surface area contributed by atoms with Gasteiger partial charge in [-0.1, -0.05) is 34.6 Å². The maximum Gasteiger partial charge on any atom is 0.133 e. The van der Waals surface area contributed by atoms with Gasteiger partial charge in [-0.25, -0.2) is 9.97 Å². The van der Waals surface area contributed by atoms with Crippen LogP contribution in [0.1, 0.15) is 40.4 Å². The minimum atomic E-state index is -0.0418. The summed E-state index contributed by atoms with van der Waals surface area (Å²) in [5.74, 6) is 2.28. The molecule has 0 fully saturated rings. The van der Waals surface area contributed by atoms with Gasteiger partial charge in [-0.15, -0.1) is 0 Å². The molecule has 0 aliphatic heterocycles.